The first-order valence-electron chi connectivity index (χ1n) is 10.4. The van der Waals surface area contributed by atoms with E-state index in [1.165, 1.54) is 19.1 Å². The van der Waals surface area contributed by atoms with Gasteiger partial charge in [-0.2, -0.15) is 0 Å². The summed E-state index contributed by atoms with van der Waals surface area (Å²) >= 11 is 3.29. The zero-order valence-corrected chi connectivity index (χ0v) is 20.0. The number of benzene rings is 2. The van der Waals surface area contributed by atoms with Crippen LogP contribution >= 0.6 is 15.9 Å². The molecule has 33 heavy (non-hydrogen) atoms. The Morgan fingerprint density at radius 2 is 2.00 bits per heavy atom. The monoisotopic (exact) mass is 517 g/mol. The largest absolute Gasteiger partial charge is 0.507 e. The number of fused-ring (bicyclic) bond motifs is 1. The molecule has 8 nitrogen and oxygen atoms in total. The van der Waals surface area contributed by atoms with Gasteiger partial charge in [-0.3, -0.25) is 9.59 Å². The van der Waals surface area contributed by atoms with Gasteiger partial charge in [-0.15, -0.1) is 0 Å². The number of phenols is 1. The number of methoxy groups -OCH3 is 2. The predicted molar refractivity (Wildman–Crippen MR) is 123 cm³/mol. The molecule has 2 aliphatic heterocycles. The highest BCUT2D eigenvalue weighted by Crippen LogP contribution is 2.44. The van der Waals surface area contributed by atoms with Gasteiger partial charge in [-0.25, -0.2) is 0 Å². The average molecular weight is 518 g/mol. The van der Waals surface area contributed by atoms with Crippen LogP contribution in [0.5, 0.6) is 17.2 Å². The second kappa shape index (κ2) is 9.07. The molecule has 0 spiro atoms. The molecule has 2 heterocycles. The molecule has 2 aromatic carbocycles. The van der Waals surface area contributed by atoms with E-state index in [0.717, 1.165) is 11.3 Å². The quantitative estimate of drug-likeness (QED) is 0.342. The van der Waals surface area contributed by atoms with Crippen LogP contribution in [0.15, 0.2) is 40.4 Å². The van der Waals surface area contributed by atoms with Crippen LogP contribution in [0.4, 0.5) is 0 Å². The third-order valence-corrected chi connectivity index (χ3v) is 6.44. The number of ether oxygens (including phenoxy) is 3. The Morgan fingerprint density at radius 3 is 2.70 bits per heavy atom. The minimum absolute atomic E-state index is 0.0267. The molecular formula is C24H24BrNO7. The number of aromatic hydroxyl groups is 1. The van der Waals surface area contributed by atoms with E-state index in [-0.39, 0.29) is 42.1 Å². The molecule has 1 saturated heterocycles. The average Bonchev–Trinajstić information content (AvgIpc) is 3.29. The highest BCUT2D eigenvalue weighted by atomic mass is 79.9. The van der Waals surface area contributed by atoms with Crippen molar-refractivity contribution < 1.29 is 34.0 Å². The van der Waals surface area contributed by atoms with Crippen molar-refractivity contribution in [1.29, 1.82) is 0 Å². The second-order valence-corrected chi connectivity index (χ2v) is 8.85. The van der Waals surface area contributed by atoms with Crippen LogP contribution in [-0.4, -0.2) is 60.3 Å². The summed E-state index contributed by atoms with van der Waals surface area (Å²) in [4.78, 5) is 27.4. The lowest BCUT2D eigenvalue weighted by atomic mass is 9.94. The normalized spacial score (nSPS) is 21.3. The Morgan fingerprint density at radius 1 is 1.24 bits per heavy atom. The maximum Gasteiger partial charge on any atom is 0.295 e. The summed E-state index contributed by atoms with van der Waals surface area (Å²) in [6, 6.07) is 7.45. The van der Waals surface area contributed by atoms with Gasteiger partial charge in [0.1, 0.15) is 17.6 Å². The molecule has 0 aromatic heterocycles. The van der Waals surface area contributed by atoms with Gasteiger partial charge in [0.2, 0.25) is 0 Å². The van der Waals surface area contributed by atoms with Crippen LogP contribution in [0.1, 0.15) is 29.7 Å². The van der Waals surface area contributed by atoms with Crippen molar-refractivity contribution in [3.8, 4) is 17.2 Å². The fourth-order valence-electron chi connectivity index (χ4n) is 4.28. The fraction of sp³-hybridized carbons (Fsp3) is 0.333. The van der Waals surface area contributed by atoms with E-state index < -0.39 is 17.7 Å². The fourth-order valence-corrected chi connectivity index (χ4v) is 4.74. The molecule has 174 valence electrons. The lowest BCUT2D eigenvalue weighted by Crippen LogP contribution is -2.32. The lowest BCUT2D eigenvalue weighted by Gasteiger charge is -2.25. The van der Waals surface area contributed by atoms with Crippen molar-refractivity contribution in [2.75, 3.05) is 27.4 Å². The number of hydrogen-bond donors (Lipinski definition) is 2. The number of ketones is 1. The molecule has 0 radical (unpaired) electrons. The van der Waals surface area contributed by atoms with Crippen LogP contribution in [-0.2, 0) is 20.7 Å². The van der Waals surface area contributed by atoms with Gasteiger partial charge >= 0.3 is 0 Å². The van der Waals surface area contributed by atoms with Crippen molar-refractivity contribution in [1.82, 2.24) is 4.90 Å². The van der Waals surface area contributed by atoms with E-state index in [4.69, 9.17) is 14.2 Å². The number of carbonyl (C=O) groups excluding carboxylic acids is 2. The van der Waals surface area contributed by atoms with Crippen LogP contribution < -0.4 is 9.47 Å². The third-order valence-electron chi connectivity index (χ3n) is 5.83. The van der Waals surface area contributed by atoms with Crippen molar-refractivity contribution in [2.24, 2.45) is 0 Å². The number of Topliss-reactive ketones (excluding diaryl/α,β-unsaturated/α-hetero) is 1. The number of rotatable bonds is 6. The molecule has 1 amide bonds. The number of likely N-dealkylation sites (tertiary alicyclic amines) is 1. The molecule has 2 aromatic rings. The highest BCUT2D eigenvalue weighted by molar-refractivity contribution is 9.10. The number of amides is 1. The van der Waals surface area contributed by atoms with Crippen molar-refractivity contribution in [2.45, 2.75) is 25.5 Å². The number of aliphatic hydroxyl groups is 1. The molecule has 2 N–H and O–H groups in total. The second-order valence-electron chi connectivity index (χ2n) is 7.99. The van der Waals surface area contributed by atoms with E-state index in [1.807, 2.05) is 6.92 Å². The van der Waals surface area contributed by atoms with Crippen LogP contribution in [0.2, 0.25) is 0 Å². The summed E-state index contributed by atoms with van der Waals surface area (Å²) in [5.74, 6) is -1.00. The third kappa shape index (κ3) is 4.06. The summed E-state index contributed by atoms with van der Waals surface area (Å²) in [5.41, 5.74) is 1.80. The molecular weight excluding hydrogens is 494 g/mol. The SMILES string of the molecule is COCCN1C(=O)C(=O)/C(=C(/O)c2ccc3c(c2)C[C@H](C)O3)[C@H]1c1cc(Br)c(O)c(OC)c1. The number of nitrogens with zero attached hydrogens (tertiary/aromatic N) is 1. The zero-order valence-electron chi connectivity index (χ0n) is 18.4. The van der Waals surface area contributed by atoms with Gasteiger partial charge < -0.3 is 29.3 Å². The standard InChI is InChI=1S/C24H24BrNO7/c1-12-8-14-9-13(4-5-17(14)33-12)21(27)19-20(26(6-7-31-2)24(30)23(19)29)15-10-16(25)22(28)18(11-15)32-3/h4-5,9-12,20,27-28H,6-8H2,1-3H3/b21-19+/t12-,20+/m0/s1. The first kappa shape index (κ1) is 23.1. The number of aliphatic hydroxyl groups excluding tert-OH is 1. The maximum absolute atomic E-state index is 13.1. The molecule has 0 bridgehead atoms. The van der Waals surface area contributed by atoms with Crippen molar-refractivity contribution >= 4 is 33.4 Å². The first-order chi connectivity index (χ1) is 15.8. The van der Waals surface area contributed by atoms with E-state index in [9.17, 15) is 19.8 Å². The molecule has 1 fully saturated rings. The van der Waals surface area contributed by atoms with E-state index in [2.05, 4.69) is 15.9 Å². The maximum atomic E-state index is 13.1. The summed E-state index contributed by atoms with van der Waals surface area (Å²) in [6.07, 6.45) is 0.711. The Kier molecular flexibility index (Phi) is 6.36. The van der Waals surface area contributed by atoms with Gasteiger partial charge in [0.05, 0.1) is 29.8 Å². The minimum atomic E-state index is -0.894. The predicted octanol–water partition coefficient (Wildman–Crippen LogP) is 3.55. The van der Waals surface area contributed by atoms with Gasteiger partial charge in [0.15, 0.2) is 11.5 Å². The van der Waals surface area contributed by atoms with E-state index >= 15 is 0 Å². The Balaban J connectivity index is 1.88. The van der Waals surface area contributed by atoms with Gasteiger partial charge in [-0.1, -0.05) is 0 Å². The summed E-state index contributed by atoms with van der Waals surface area (Å²) < 4.78 is 16.4. The number of hydrogen-bond acceptors (Lipinski definition) is 7. The molecule has 0 saturated carbocycles. The van der Waals surface area contributed by atoms with Gasteiger partial charge in [-0.05, 0) is 64.3 Å². The van der Waals surface area contributed by atoms with Gasteiger partial charge in [0, 0.05) is 25.6 Å². The summed E-state index contributed by atoms with van der Waals surface area (Å²) in [7, 11) is 2.90. The molecule has 2 atom stereocenters. The number of halogens is 1. The van der Waals surface area contributed by atoms with Crippen LogP contribution in [0, 0.1) is 0 Å². The van der Waals surface area contributed by atoms with Gasteiger partial charge in [0.25, 0.3) is 11.7 Å². The topological polar surface area (TPSA) is 106 Å². The molecule has 9 heteroatoms. The minimum Gasteiger partial charge on any atom is -0.507 e. The Hall–Kier alpha value is -3.04. The van der Waals surface area contributed by atoms with Crippen LogP contribution in [0.3, 0.4) is 0 Å². The molecule has 2 aliphatic rings. The summed E-state index contributed by atoms with van der Waals surface area (Å²) in [6.45, 7) is 2.30. The van der Waals surface area contributed by atoms with Crippen LogP contribution in [0.25, 0.3) is 5.76 Å². The smallest absolute Gasteiger partial charge is 0.295 e. The van der Waals surface area contributed by atoms with Crippen molar-refractivity contribution in [3.05, 3.63) is 57.1 Å². The van der Waals surface area contributed by atoms with E-state index in [0.29, 0.717) is 22.0 Å². The first-order valence-corrected chi connectivity index (χ1v) is 11.2. The Labute approximate surface area is 199 Å². The molecule has 0 unspecified atom stereocenters. The lowest BCUT2D eigenvalue weighted by molar-refractivity contribution is -0.140. The highest BCUT2D eigenvalue weighted by Gasteiger charge is 2.46. The summed E-state index contributed by atoms with van der Waals surface area (Å²) in [5, 5.41) is 21.5. The zero-order chi connectivity index (χ0) is 23.9. The number of carbonyl (C=O) groups is 2. The molecule has 0 aliphatic carbocycles. The molecule has 4 rings (SSSR count). The van der Waals surface area contributed by atoms with E-state index in [1.54, 1.807) is 30.3 Å². The number of phenolic OH excluding ortho intramolecular Hbond substituents is 1. The Bertz CT molecular complexity index is 1160. The van der Waals surface area contributed by atoms with Crippen molar-refractivity contribution in [3.63, 3.8) is 0 Å².